The van der Waals surface area contributed by atoms with E-state index in [0.717, 1.165) is 31.7 Å². The maximum absolute atomic E-state index is 11.5. The molecule has 0 N–H and O–H groups in total. The number of aromatic nitrogens is 2. The molecule has 0 saturated carbocycles. The van der Waals surface area contributed by atoms with Crippen LogP contribution in [0.1, 0.15) is 12.8 Å². The molecule has 0 bridgehead atoms. The Labute approximate surface area is 116 Å². The minimum atomic E-state index is -0.141. The van der Waals surface area contributed by atoms with Crippen LogP contribution >= 0.6 is 11.6 Å². The highest BCUT2D eigenvalue weighted by Gasteiger charge is 2.26. The number of anilines is 1. The number of piperidine rings is 1. The van der Waals surface area contributed by atoms with Crippen molar-refractivity contribution in [3.63, 3.8) is 0 Å². The van der Waals surface area contributed by atoms with Gasteiger partial charge in [0.05, 0.1) is 20.1 Å². The number of rotatable bonds is 3. The fourth-order valence-corrected chi connectivity index (χ4v) is 2.32. The third-order valence-corrected chi connectivity index (χ3v) is 3.39. The monoisotopic (exact) mass is 285 g/mol. The summed E-state index contributed by atoms with van der Waals surface area (Å²) in [7, 11) is 2.92. The number of nitrogens with zero attached hydrogens (tertiary/aromatic N) is 3. The van der Waals surface area contributed by atoms with E-state index < -0.39 is 0 Å². The summed E-state index contributed by atoms with van der Waals surface area (Å²) in [5.74, 6) is 0.554. The van der Waals surface area contributed by atoms with E-state index in [1.165, 1.54) is 14.2 Å². The zero-order valence-electron chi connectivity index (χ0n) is 10.9. The molecular weight excluding hydrogens is 270 g/mol. The second kappa shape index (κ2) is 6.06. The molecule has 0 spiro atoms. The van der Waals surface area contributed by atoms with E-state index in [1.807, 2.05) is 0 Å². The molecule has 2 rings (SSSR count). The van der Waals surface area contributed by atoms with Gasteiger partial charge in [0, 0.05) is 19.2 Å². The highest BCUT2D eigenvalue weighted by atomic mass is 35.5. The SMILES string of the molecule is COC(=O)C1CCN(c2cc(Cl)nc(OC)n2)CC1. The fraction of sp³-hybridized carbons (Fsp3) is 0.583. The first kappa shape index (κ1) is 13.9. The molecule has 1 aliphatic heterocycles. The smallest absolute Gasteiger partial charge is 0.319 e. The molecule has 0 amide bonds. The van der Waals surface area contributed by atoms with Crippen LogP contribution in [-0.2, 0) is 9.53 Å². The summed E-state index contributed by atoms with van der Waals surface area (Å²) in [5.41, 5.74) is 0. The molecule has 104 valence electrons. The number of methoxy groups -OCH3 is 2. The quantitative estimate of drug-likeness (QED) is 0.620. The largest absolute Gasteiger partial charge is 0.469 e. The summed E-state index contributed by atoms with van der Waals surface area (Å²) in [6.45, 7) is 1.46. The number of hydrogen-bond acceptors (Lipinski definition) is 6. The Hall–Kier alpha value is -1.56. The van der Waals surface area contributed by atoms with Crippen LogP contribution in [0.15, 0.2) is 6.07 Å². The molecule has 1 aromatic rings. The normalized spacial score (nSPS) is 16.3. The third kappa shape index (κ3) is 3.26. The van der Waals surface area contributed by atoms with Crippen molar-refractivity contribution in [3.05, 3.63) is 11.2 Å². The first-order valence-corrected chi connectivity index (χ1v) is 6.43. The first-order chi connectivity index (χ1) is 9.13. The van der Waals surface area contributed by atoms with E-state index >= 15 is 0 Å². The van der Waals surface area contributed by atoms with Crippen molar-refractivity contribution < 1.29 is 14.3 Å². The van der Waals surface area contributed by atoms with Crippen LogP contribution in [0.2, 0.25) is 5.15 Å². The van der Waals surface area contributed by atoms with Crippen LogP contribution in [0.3, 0.4) is 0 Å². The summed E-state index contributed by atoms with van der Waals surface area (Å²) >= 11 is 5.92. The maximum atomic E-state index is 11.5. The fourth-order valence-electron chi connectivity index (χ4n) is 2.15. The van der Waals surface area contributed by atoms with Gasteiger partial charge < -0.3 is 14.4 Å². The van der Waals surface area contributed by atoms with Crippen molar-refractivity contribution in [1.29, 1.82) is 0 Å². The standard InChI is InChI=1S/C12H16ClN3O3/c1-18-11(17)8-3-5-16(6-4-8)10-7-9(13)14-12(15-10)19-2/h7-8H,3-6H2,1-2H3. The number of carbonyl (C=O) groups is 1. The average molecular weight is 286 g/mol. The highest BCUT2D eigenvalue weighted by Crippen LogP contribution is 2.25. The molecule has 1 aliphatic rings. The van der Waals surface area contributed by atoms with Gasteiger partial charge in [0.15, 0.2) is 0 Å². The number of carbonyl (C=O) groups excluding carboxylic acids is 1. The Bertz CT molecular complexity index is 462. The minimum Gasteiger partial charge on any atom is -0.469 e. The molecule has 0 aliphatic carbocycles. The van der Waals surface area contributed by atoms with Gasteiger partial charge in [-0.25, -0.2) is 0 Å². The Morgan fingerprint density at radius 2 is 2.05 bits per heavy atom. The van der Waals surface area contributed by atoms with E-state index in [1.54, 1.807) is 6.07 Å². The molecule has 2 heterocycles. The van der Waals surface area contributed by atoms with Crippen LogP contribution in [0, 0.1) is 5.92 Å². The van der Waals surface area contributed by atoms with Gasteiger partial charge in [-0.2, -0.15) is 9.97 Å². The molecule has 7 heteroatoms. The topological polar surface area (TPSA) is 64.5 Å². The minimum absolute atomic E-state index is 0.0274. The highest BCUT2D eigenvalue weighted by molar-refractivity contribution is 6.29. The first-order valence-electron chi connectivity index (χ1n) is 6.05. The van der Waals surface area contributed by atoms with E-state index in [9.17, 15) is 4.79 Å². The van der Waals surface area contributed by atoms with E-state index in [0.29, 0.717) is 5.15 Å². The van der Waals surface area contributed by atoms with Gasteiger partial charge in [-0.3, -0.25) is 4.79 Å². The Kier molecular flexibility index (Phi) is 4.42. The van der Waals surface area contributed by atoms with Gasteiger partial charge in [-0.05, 0) is 12.8 Å². The second-order valence-electron chi connectivity index (χ2n) is 4.32. The van der Waals surface area contributed by atoms with Crippen molar-refractivity contribution in [2.45, 2.75) is 12.8 Å². The second-order valence-corrected chi connectivity index (χ2v) is 4.71. The summed E-state index contributed by atoms with van der Waals surface area (Å²) < 4.78 is 9.76. The lowest BCUT2D eigenvalue weighted by Gasteiger charge is -2.31. The third-order valence-electron chi connectivity index (χ3n) is 3.20. The molecule has 0 aromatic carbocycles. The van der Waals surface area contributed by atoms with E-state index in [-0.39, 0.29) is 17.9 Å². The van der Waals surface area contributed by atoms with Crippen LogP contribution in [-0.4, -0.2) is 43.2 Å². The van der Waals surface area contributed by atoms with Crippen LogP contribution in [0.4, 0.5) is 5.82 Å². The van der Waals surface area contributed by atoms with E-state index in [4.69, 9.17) is 21.1 Å². The predicted molar refractivity (Wildman–Crippen MR) is 70.5 cm³/mol. The van der Waals surface area contributed by atoms with Gasteiger partial charge in [0.1, 0.15) is 11.0 Å². The van der Waals surface area contributed by atoms with Gasteiger partial charge in [0.25, 0.3) is 0 Å². The molecule has 0 radical (unpaired) electrons. The summed E-state index contributed by atoms with van der Waals surface area (Å²) in [6, 6.07) is 1.94. The zero-order chi connectivity index (χ0) is 13.8. The average Bonchev–Trinajstić information content (AvgIpc) is 2.46. The molecule has 0 unspecified atom stereocenters. The van der Waals surface area contributed by atoms with Crippen LogP contribution in [0.25, 0.3) is 0 Å². The molecular formula is C12H16ClN3O3. The van der Waals surface area contributed by atoms with Crippen molar-refractivity contribution in [1.82, 2.24) is 9.97 Å². The van der Waals surface area contributed by atoms with Crippen molar-refractivity contribution in [3.8, 4) is 6.01 Å². The van der Waals surface area contributed by atoms with Crippen molar-refractivity contribution in [2.75, 3.05) is 32.2 Å². The van der Waals surface area contributed by atoms with Gasteiger partial charge in [0.2, 0.25) is 0 Å². The molecule has 6 nitrogen and oxygen atoms in total. The Balaban J connectivity index is 2.05. The summed E-state index contributed by atoms with van der Waals surface area (Å²) in [6.07, 6.45) is 1.49. The van der Waals surface area contributed by atoms with Gasteiger partial charge in [-0.1, -0.05) is 11.6 Å². The Morgan fingerprint density at radius 1 is 1.37 bits per heavy atom. The number of hydrogen-bond donors (Lipinski definition) is 0. The molecule has 1 aromatic heterocycles. The number of ether oxygens (including phenoxy) is 2. The van der Waals surface area contributed by atoms with Crippen molar-refractivity contribution in [2.24, 2.45) is 5.92 Å². The lowest BCUT2D eigenvalue weighted by atomic mass is 9.97. The maximum Gasteiger partial charge on any atom is 0.319 e. The predicted octanol–water partition coefficient (Wildman–Crippen LogP) is 1.53. The van der Waals surface area contributed by atoms with Gasteiger partial charge in [-0.15, -0.1) is 0 Å². The van der Waals surface area contributed by atoms with Crippen LogP contribution in [0.5, 0.6) is 6.01 Å². The van der Waals surface area contributed by atoms with Crippen molar-refractivity contribution >= 4 is 23.4 Å². The molecule has 1 saturated heterocycles. The van der Waals surface area contributed by atoms with Crippen LogP contribution < -0.4 is 9.64 Å². The molecule has 0 atom stereocenters. The summed E-state index contributed by atoms with van der Waals surface area (Å²) in [5, 5.41) is 0.344. The summed E-state index contributed by atoms with van der Waals surface area (Å²) in [4.78, 5) is 21.7. The lowest BCUT2D eigenvalue weighted by Crippen LogP contribution is -2.37. The lowest BCUT2D eigenvalue weighted by molar-refractivity contribution is -0.146. The van der Waals surface area contributed by atoms with Gasteiger partial charge >= 0.3 is 12.0 Å². The zero-order valence-corrected chi connectivity index (χ0v) is 11.7. The molecule has 19 heavy (non-hydrogen) atoms. The Morgan fingerprint density at radius 3 is 2.63 bits per heavy atom. The molecule has 1 fully saturated rings. The number of esters is 1. The number of halogens is 1. The van der Waals surface area contributed by atoms with E-state index in [2.05, 4.69) is 14.9 Å².